The monoisotopic (exact) mass is 511 g/mol. The van der Waals surface area contributed by atoms with Gasteiger partial charge in [0.05, 0.1) is 5.69 Å². The number of aromatic hydroxyl groups is 1. The van der Waals surface area contributed by atoms with E-state index in [1.807, 2.05) is 12.1 Å². The summed E-state index contributed by atoms with van der Waals surface area (Å²) in [6.45, 7) is 1.70. The van der Waals surface area contributed by atoms with E-state index in [-0.39, 0.29) is 33.6 Å². The van der Waals surface area contributed by atoms with Gasteiger partial charge in [-0.05, 0) is 55.3 Å². The Labute approximate surface area is 202 Å². The molecule has 0 aliphatic rings. The van der Waals surface area contributed by atoms with Gasteiger partial charge in [-0.15, -0.1) is 5.11 Å². The van der Waals surface area contributed by atoms with Crippen LogP contribution in [0.15, 0.2) is 74.6 Å². The second-order valence-corrected chi connectivity index (χ2v) is 10.6. The van der Waals surface area contributed by atoms with Gasteiger partial charge in [0.2, 0.25) is 7.98 Å². The summed E-state index contributed by atoms with van der Waals surface area (Å²) in [5.41, 5.74) is 0.597. The largest absolute Gasteiger partial charge is 0.505 e. The van der Waals surface area contributed by atoms with Crippen molar-refractivity contribution in [3.05, 3.63) is 60.2 Å². The molecule has 0 amide bonds. The summed E-state index contributed by atoms with van der Waals surface area (Å²) in [7, 11) is -2.66. The molecule has 3 N–H and O–H groups in total. The lowest BCUT2D eigenvalue weighted by molar-refractivity contribution is 0.481. The van der Waals surface area contributed by atoms with Crippen molar-refractivity contribution < 1.29 is 31.0 Å². The standard InChI is InChI=1S/C22H18BN3O7S2/c1-12-7-13-5-3-4-6-16(13)22(27)21(12)25-24-14-8-17-18(19(9-14)34(28,29)30)10-15(26(2)23)11-20(17)35(31,32)33/h3-11,27H,1-2H3,(H,28,29,30)(H,31,32,33). The van der Waals surface area contributed by atoms with Gasteiger partial charge in [-0.1, -0.05) is 24.3 Å². The summed E-state index contributed by atoms with van der Waals surface area (Å²) in [5.74, 6) is -0.144. The number of rotatable bonds is 5. The molecule has 0 aliphatic heterocycles. The van der Waals surface area contributed by atoms with Crippen LogP contribution in [0.4, 0.5) is 17.1 Å². The number of anilines is 1. The van der Waals surface area contributed by atoms with E-state index in [1.54, 1.807) is 25.1 Å². The second kappa shape index (κ2) is 8.61. The zero-order valence-corrected chi connectivity index (χ0v) is 20.0. The third-order valence-electron chi connectivity index (χ3n) is 5.38. The normalized spacial score (nSPS) is 12.6. The fourth-order valence-corrected chi connectivity index (χ4v) is 5.18. The highest BCUT2D eigenvalue weighted by molar-refractivity contribution is 7.86. The first-order valence-corrected chi connectivity index (χ1v) is 12.8. The van der Waals surface area contributed by atoms with Crippen molar-refractivity contribution >= 4 is 66.8 Å². The molecule has 13 heteroatoms. The van der Waals surface area contributed by atoms with Gasteiger partial charge in [-0.3, -0.25) is 9.11 Å². The number of nitrogens with zero attached hydrogens (tertiary/aromatic N) is 3. The average molecular weight is 511 g/mol. The van der Waals surface area contributed by atoms with Gasteiger partial charge >= 0.3 is 0 Å². The molecule has 0 saturated heterocycles. The molecular weight excluding hydrogens is 493 g/mol. The van der Waals surface area contributed by atoms with Crippen molar-refractivity contribution in [1.29, 1.82) is 0 Å². The maximum absolute atomic E-state index is 12.2. The Morgan fingerprint density at radius 1 is 0.829 bits per heavy atom. The number of fused-ring (bicyclic) bond motifs is 2. The highest BCUT2D eigenvalue weighted by Crippen LogP contribution is 2.40. The van der Waals surface area contributed by atoms with Crippen molar-refractivity contribution in [2.24, 2.45) is 10.2 Å². The topological polar surface area (TPSA) is 157 Å². The summed E-state index contributed by atoms with van der Waals surface area (Å²) in [6.07, 6.45) is 0. The minimum absolute atomic E-state index is 0.0566. The molecule has 4 aromatic rings. The Kier molecular flexibility index (Phi) is 6.05. The maximum atomic E-state index is 12.2. The summed E-state index contributed by atoms with van der Waals surface area (Å²) in [6, 6.07) is 13.3. The molecule has 0 atom stereocenters. The predicted molar refractivity (Wildman–Crippen MR) is 132 cm³/mol. The van der Waals surface area contributed by atoms with E-state index in [9.17, 15) is 31.0 Å². The van der Waals surface area contributed by atoms with Crippen molar-refractivity contribution in [3.63, 3.8) is 0 Å². The number of phenolic OH excluding ortho intramolecular Hbond substituents is 1. The molecule has 4 aromatic carbocycles. The minimum Gasteiger partial charge on any atom is -0.505 e. The number of phenols is 1. The Balaban J connectivity index is 2.00. The smallest absolute Gasteiger partial charge is 0.295 e. The maximum Gasteiger partial charge on any atom is 0.295 e. The quantitative estimate of drug-likeness (QED) is 0.202. The number of hydrogen-bond donors (Lipinski definition) is 3. The number of aryl methyl sites for hydroxylation is 1. The SMILES string of the molecule is [B]N(C)c1cc(S(=O)(=O)O)c2cc(N=Nc3c(C)cc4ccccc4c3O)cc(S(=O)(=O)O)c2c1. The summed E-state index contributed by atoms with van der Waals surface area (Å²) in [4.78, 5) is -0.299. The fraction of sp³-hybridized carbons (Fsp3) is 0.0909. The molecule has 0 bridgehead atoms. The van der Waals surface area contributed by atoms with Crippen molar-refractivity contribution in [2.75, 3.05) is 11.9 Å². The lowest BCUT2D eigenvalue weighted by Gasteiger charge is -2.17. The van der Waals surface area contributed by atoms with E-state index in [1.165, 1.54) is 19.2 Å². The summed E-state index contributed by atoms with van der Waals surface area (Å²) in [5, 5.41) is 19.6. The Morgan fingerprint density at radius 3 is 2.06 bits per heavy atom. The Bertz CT molecular complexity index is 1750. The highest BCUT2D eigenvalue weighted by Gasteiger charge is 2.23. The molecular formula is C22H18BN3O7S2. The molecule has 0 saturated carbocycles. The van der Waals surface area contributed by atoms with Crippen molar-refractivity contribution in [3.8, 4) is 5.75 Å². The molecule has 4 rings (SSSR count). The van der Waals surface area contributed by atoms with E-state index in [0.717, 1.165) is 22.3 Å². The molecule has 0 aliphatic carbocycles. The fourth-order valence-electron chi connectivity index (χ4n) is 3.74. The van der Waals surface area contributed by atoms with Gasteiger partial charge in [-0.25, -0.2) is 0 Å². The number of azo groups is 1. The molecule has 2 radical (unpaired) electrons. The molecule has 0 spiro atoms. The van der Waals surface area contributed by atoms with Crippen LogP contribution in [0, 0.1) is 6.92 Å². The highest BCUT2D eigenvalue weighted by atomic mass is 32.2. The zero-order valence-electron chi connectivity index (χ0n) is 18.4. The Morgan fingerprint density at radius 2 is 1.43 bits per heavy atom. The van der Waals surface area contributed by atoms with Crippen LogP contribution in [0.1, 0.15) is 5.56 Å². The first kappa shape index (κ1) is 24.6. The van der Waals surface area contributed by atoms with Crippen LogP contribution < -0.4 is 4.81 Å². The predicted octanol–water partition coefficient (Wildman–Crippen LogP) is 4.44. The van der Waals surface area contributed by atoms with Gasteiger partial charge < -0.3 is 9.92 Å². The van der Waals surface area contributed by atoms with E-state index in [2.05, 4.69) is 10.2 Å². The summed E-state index contributed by atoms with van der Waals surface area (Å²) < 4.78 is 68.1. The van der Waals surface area contributed by atoms with Crippen LogP contribution in [-0.4, -0.2) is 46.1 Å². The van der Waals surface area contributed by atoms with Crippen LogP contribution in [0.25, 0.3) is 21.5 Å². The average Bonchev–Trinajstić information content (AvgIpc) is 2.76. The van der Waals surface area contributed by atoms with E-state index >= 15 is 0 Å². The molecule has 0 unspecified atom stereocenters. The lowest BCUT2D eigenvalue weighted by Crippen LogP contribution is -2.13. The van der Waals surface area contributed by atoms with E-state index in [0.29, 0.717) is 10.9 Å². The van der Waals surface area contributed by atoms with Crippen LogP contribution in [0.5, 0.6) is 5.75 Å². The molecule has 0 heterocycles. The molecule has 178 valence electrons. The Hall–Kier alpha value is -3.52. The first-order chi connectivity index (χ1) is 16.3. The lowest BCUT2D eigenvalue weighted by atomic mass is 10.0. The van der Waals surface area contributed by atoms with Crippen LogP contribution in [-0.2, 0) is 20.2 Å². The molecule has 10 nitrogen and oxygen atoms in total. The van der Waals surface area contributed by atoms with Crippen LogP contribution in [0.3, 0.4) is 0 Å². The second-order valence-electron chi connectivity index (χ2n) is 7.86. The third kappa shape index (κ3) is 4.71. The van der Waals surface area contributed by atoms with Gasteiger partial charge in [0.25, 0.3) is 20.2 Å². The molecule has 0 aromatic heterocycles. The van der Waals surface area contributed by atoms with Crippen molar-refractivity contribution in [1.82, 2.24) is 0 Å². The van der Waals surface area contributed by atoms with Gasteiger partial charge in [0, 0.05) is 21.8 Å². The van der Waals surface area contributed by atoms with E-state index in [4.69, 9.17) is 7.98 Å². The van der Waals surface area contributed by atoms with Crippen molar-refractivity contribution in [2.45, 2.75) is 16.7 Å². The summed E-state index contributed by atoms with van der Waals surface area (Å²) >= 11 is 0. The van der Waals surface area contributed by atoms with Gasteiger partial charge in [0.15, 0.2) is 5.75 Å². The molecule has 35 heavy (non-hydrogen) atoms. The van der Waals surface area contributed by atoms with Crippen LogP contribution in [0.2, 0.25) is 0 Å². The van der Waals surface area contributed by atoms with E-state index < -0.39 is 30.0 Å². The van der Waals surface area contributed by atoms with Gasteiger partial charge in [-0.2, -0.15) is 21.9 Å². The third-order valence-corrected chi connectivity index (χ3v) is 7.16. The first-order valence-electron chi connectivity index (χ1n) is 9.95. The zero-order chi connectivity index (χ0) is 25.7. The minimum atomic E-state index is -4.87. The molecule has 0 fully saturated rings. The van der Waals surface area contributed by atoms with Gasteiger partial charge in [0.1, 0.15) is 15.5 Å². The van der Waals surface area contributed by atoms with Crippen LogP contribution >= 0.6 is 0 Å². The number of benzene rings is 4. The number of hydrogen-bond acceptors (Lipinski definition) is 8.